The summed E-state index contributed by atoms with van der Waals surface area (Å²) in [5.41, 5.74) is 2.94. The van der Waals surface area contributed by atoms with Crippen LogP contribution in [-0.4, -0.2) is 27.0 Å². The van der Waals surface area contributed by atoms with Gasteiger partial charge >= 0.3 is 0 Å². The van der Waals surface area contributed by atoms with Crippen molar-refractivity contribution in [3.05, 3.63) is 53.4 Å². The molecule has 0 aliphatic heterocycles. The van der Waals surface area contributed by atoms with E-state index in [1.54, 1.807) is 23.5 Å². The van der Waals surface area contributed by atoms with Crippen molar-refractivity contribution < 1.29 is 15.0 Å². The number of phenolic OH excluding ortho intramolecular Hbond substituents is 2. The molecule has 0 saturated carbocycles. The molecular weight excluding hydrogens is 521 g/mol. The maximum Gasteiger partial charge on any atom is 0.123 e. The van der Waals surface area contributed by atoms with Crippen LogP contribution in [0.5, 0.6) is 11.5 Å². The van der Waals surface area contributed by atoms with Gasteiger partial charge in [0.25, 0.3) is 0 Å². The highest BCUT2D eigenvalue weighted by molar-refractivity contribution is 8.01. The zero-order valence-corrected chi connectivity index (χ0v) is 27.9. The lowest BCUT2D eigenvalue weighted by atomic mass is 9.79. The highest BCUT2D eigenvalue weighted by Crippen LogP contribution is 2.45. The van der Waals surface area contributed by atoms with Crippen molar-refractivity contribution in [2.45, 2.75) is 138 Å². The molecule has 0 fully saturated rings. The molecule has 0 heterocycles. The van der Waals surface area contributed by atoms with Crippen LogP contribution in [0.15, 0.2) is 34.1 Å². The van der Waals surface area contributed by atoms with Gasteiger partial charge in [-0.15, -0.1) is 23.5 Å². The van der Waals surface area contributed by atoms with E-state index in [0.29, 0.717) is 17.9 Å². The van der Waals surface area contributed by atoms with Crippen molar-refractivity contribution >= 4 is 29.8 Å². The quantitative estimate of drug-likeness (QED) is 0.244. The fraction of sp³-hybridized carbons (Fsp3) is 0.588. The summed E-state index contributed by atoms with van der Waals surface area (Å²) >= 11 is 3.41. The zero-order chi connectivity index (χ0) is 30.1. The highest BCUT2D eigenvalue weighted by Gasteiger charge is 2.29. The normalized spacial score (nSPS) is 14.8. The number of aromatic hydroxyl groups is 2. The van der Waals surface area contributed by atoms with Crippen LogP contribution in [0.1, 0.15) is 118 Å². The molecule has 0 amide bonds. The van der Waals surface area contributed by atoms with Gasteiger partial charge in [-0.05, 0) is 59.3 Å². The molecule has 2 N–H and O–H groups in total. The summed E-state index contributed by atoms with van der Waals surface area (Å²) < 4.78 is 0. The fourth-order valence-electron chi connectivity index (χ4n) is 4.66. The van der Waals surface area contributed by atoms with Crippen LogP contribution in [0.4, 0.5) is 0 Å². The molecule has 2 rings (SSSR count). The molecule has 2 atom stereocenters. The van der Waals surface area contributed by atoms with E-state index < -0.39 is 0 Å². The van der Waals surface area contributed by atoms with Crippen LogP contribution in [0.2, 0.25) is 0 Å². The van der Waals surface area contributed by atoms with Crippen LogP contribution >= 0.6 is 23.5 Å². The van der Waals surface area contributed by atoms with E-state index in [4.69, 9.17) is 0 Å². The summed E-state index contributed by atoms with van der Waals surface area (Å²) in [5.74, 6) is 0.750. The molecule has 0 bridgehead atoms. The number of benzene rings is 2. The van der Waals surface area contributed by atoms with Crippen molar-refractivity contribution in [1.29, 1.82) is 0 Å². The van der Waals surface area contributed by atoms with E-state index >= 15 is 0 Å². The molecule has 3 nitrogen and oxygen atoms in total. The Kier molecular flexibility index (Phi) is 10.4. The molecule has 0 saturated heterocycles. The summed E-state index contributed by atoms with van der Waals surface area (Å²) in [5, 5.41) is 22.3. The Balaban J connectivity index is 2.40. The first-order valence-electron chi connectivity index (χ1n) is 13.9. The number of carbonyl (C=O) groups is 1. The highest BCUT2D eigenvalue weighted by atomic mass is 32.2. The molecule has 0 spiro atoms. The minimum atomic E-state index is -0.208. The molecule has 0 aliphatic carbocycles. The lowest BCUT2D eigenvalue weighted by Crippen LogP contribution is -2.18. The molecule has 0 aliphatic rings. The molecule has 39 heavy (non-hydrogen) atoms. The number of hydrogen-bond acceptors (Lipinski definition) is 5. The lowest BCUT2D eigenvalue weighted by Gasteiger charge is -2.29. The lowest BCUT2D eigenvalue weighted by molar-refractivity contribution is -0.107. The van der Waals surface area contributed by atoms with Crippen LogP contribution in [0, 0.1) is 6.92 Å². The molecule has 2 unspecified atom stereocenters. The summed E-state index contributed by atoms with van der Waals surface area (Å²) in [6, 6.07) is 8.37. The summed E-state index contributed by atoms with van der Waals surface area (Å²) in [6.07, 6.45) is 2.19. The molecule has 0 aromatic heterocycles. The molecular formula is C34H51O3S2. The van der Waals surface area contributed by atoms with E-state index in [1.807, 2.05) is 0 Å². The van der Waals surface area contributed by atoms with Crippen molar-refractivity contribution in [1.82, 2.24) is 0 Å². The van der Waals surface area contributed by atoms with Crippen molar-refractivity contribution in [3.63, 3.8) is 0 Å². The second-order valence-corrected chi connectivity index (χ2v) is 17.6. The van der Waals surface area contributed by atoms with Gasteiger partial charge in [-0.25, -0.2) is 0 Å². The van der Waals surface area contributed by atoms with E-state index in [0.717, 1.165) is 44.8 Å². The standard InChI is InChI=1S/C34H51O3S2/c1-21(38-23-17-25(31(2,3)4)29(36)26(18-23)32(5,6)7)16-22(14-15-35)39-24-19-27(33(8,9)10)30(37)28(20-24)34(11,12)13/h15,17-22,36-37H,1,14,16H2,2-13H3. The maximum absolute atomic E-state index is 11.7. The largest absolute Gasteiger partial charge is 0.507 e. The van der Waals surface area contributed by atoms with E-state index in [1.165, 1.54) is 0 Å². The Morgan fingerprint density at radius 1 is 0.667 bits per heavy atom. The Bertz CT molecular complexity index is 1080. The summed E-state index contributed by atoms with van der Waals surface area (Å²) in [4.78, 5) is 13.9. The van der Waals surface area contributed by atoms with E-state index in [-0.39, 0.29) is 32.2 Å². The number of rotatable bonds is 8. The van der Waals surface area contributed by atoms with E-state index in [9.17, 15) is 15.0 Å². The van der Waals surface area contributed by atoms with Crippen LogP contribution in [-0.2, 0) is 26.5 Å². The van der Waals surface area contributed by atoms with Gasteiger partial charge in [-0.2, -0.15) is 0 Å². The number of hydrogen-bond donors (Lipinski definition) is 2. The van der Waals surface area contributed by atoms with Crippen molar-refractivity contribution in [2.75, 3.05) is 0 Å². The first-order valence-corrected chi connectivity index (χ1v) is 15.7. The van der Waals surface area contributed by atoms with Gasteiger partial charge in [-0.1, -0.05) is 83.1 Å². The van der Waals surface area contributed by atoms with Crippen LogP contribution in [0.25, 0.3) is 0 Å². The third-order valence-corrected chi connectivity index (χ3v) is 9.15. The third kappa shape index (κ3) is 8.95. The molecule has 1 radical (unpaired) electrons. The van der Waals surface area contributed by atoms with Gasteiger partial charge in [-0.3, -0.25) is 0 Å². The smallest absolute Gasteiger partial charge is 0.123 e. The fourth-order valence-corrected chi connectivity index (χ4v) is 7.13. The van der Waals surface area contributed by atoms with E-state index in [2.05, 4.69) is 114 Å². The SMILES string of the molecule is [CH2]C(CC(CC=O)Sc1cc(C(C)(C)C)c(O)c(C(C)(C)C)c1)Sc1cc(C(C)(C)C)c(O)c(C(C)(C)C)c1. The first-order chi connectivity index (χ1) is 17.6. The Labute approximate surface area is 247 Å². The molecule has 2 aromatic carbocycles. The average molecular weight is 572 g/mol. The van der Waals surface area contributed by atoms with Gasteiger partial charge in [0, 0.05) is 49.0 Å². The third-order valence-electron chi connectivity index (χ3n) is 6.89. The molecule has 2 aromatic rings. The number of thioether (sulfide) groups is 2. The molecule has 217 valence electrons. The van der Waals surface area contributed by atoms with Gasteiger partial charge in [0.1, 0.15) is 17.8 Å². The Hall–Kier alpha value is -1.59. The topological polar surface area (TPSA) is 57.5 Å². The second kappa shape index (κ2) is 12.1. The van der Waals surface area contributed by atoms with Gasteiger partial charge in [0.2, 0.25) is 0 Å². The summed E-state index contributed by atoms with van der Waals surface area (Å²) in [6.45, 7) is 29.9. The predicted molar refractivity (Wildman–Crippen MR) is 171 cm³/mol. The van der Waals surface area contributed by atoms with Gasteiger partial charge in [0.05, 0.1) is 0 Å². The summed E-state index contributed by atoms with van der Waals surface area (Å²) in [7, 11) is 0. The monoisotopic (exact) mass is 571 g/mol. The average Bonchev–Trinajstić information content (AvgIpc) is 2.72. The van der Waals surface area contributed by atoms with Crippen LogP contribution < -0.4 is 0 Å². The molecule has 5 heteroatoms. The van der Waals surface area contributed by atoms with Crippen molar-refractivity contribution in [3.8, 4) is 11.5 Å². The van der Waals surface area contributed by atoms with Gasteiger partial charge < -0.3 is 15.0 Å². The number of aldehydes is 1. The Morgan fingerprint density at radius 2 is 0.974 bits per heavy atom. The first kappa shape index (κ1) is 33.6. The Morgan fingerprint density at radius 3 is 1.26 bits per heavy atom. The van der Waals surface area contributed by atoms with Gasteiger partial charge in [0.15, 0.2) is 0 Å². The minimum Gasteiger partial charge on any atom is -0.507 e. The number of phenols is 2. The zero-order valence-electron chi connectivity index (χ0n) is 26.3. The van der Waals surface area contributed by atoms with Crippen molar-refractivity contribution in [2.24, 2.45) is 0 Å². The minimum absolute atomic E-state index is 0.0221. The maximum atomic E-state index is 11.7. The van der Waals surface area contributed by atoms with Crippen LogP contribution in [0.3, 0.4) is 0 Å². The predicted octanol–water partition coefficient (Wildman–Crippen LogP) is 9.72. The number of carbonyl (C=O) groups excluding carboxylic acids is 1. The second-order valence-electron chi connectivity index (χ2n) is 14.9.